The third kappa shape index (κ3) is 1.47. The van der Waals surface area contributed by atoms with Crippen molar-refractivity contribution in [2.45, 2.75) is 13.5 Å². The first-order valence-electron chi connectivity index (χ1n) is 4.38. The van der Waals surface area contributed by atoms with E-state index in [0.29, 0.717) is 5.02 Å². The van der Waals surface area contributed by atoms with Gasteiger partial charge in [-0.1, -0.05) is 23.7 Å². The summed E-state index contributed by atoms with van der Waals surface area (Å²) in [5, 5.41) is 10.7. The summed E-state index contributed by atoms with van der Waals surface area (Å²) < 4.78 is 0. The Morgan fingerprint density at radius 1 is 1.43 bits per heavy atom. The zero-order valence-electron chi connectivity index (χ0n) is 7.79. The summed E-state index contributed by atoms with van der Waals surface area (Å²) in [6.07, 6.45) is 0. The van der Waals surface area contributed by atoms with Crippen molar-refractivity contribution >= 4 is 22.5 Å². The summed E-state index contributed by atoms with van der Waals surface area (Å²) in [5.41, 5.74) is 2.50. The Balaban J connectivity index is 2.87. The molecule has 1 N–H and O–H groups in total. The summed E-state index contributed by atoms with van der Waals surface area (Å²) in [5.74, 6) is 0. The standard InChI is InChI=1S/C11H10ClNO/c1-7-5-8(6-14)9-3-2-4-10(12)11(9)13-7/h2-5,14H,6H2,1H3. The Kier molecular flexibility index (Phi) is 2.40. The van der Waals surface area contributed by atoms with Crippen LogP contribution in [0.15, 0.2) is 24.3 Å². The first-order valence-corrected chi connectivity index (χ1v) is 4.76. The molecule has 0 atom stereocenters. The van der Waals surface area contributed by atoms with E-state index in [4.69, 9.17) is 11.6 Å². The SMILES string of the molecule is Cc1cc(CO)c2cccc(Cl)c2n1. The lowest BCUT2D eigenvalue weighted by Crippen LogP contribution is -1.92. The predicted molar refractivity (Wildman–Crippen MR) is 57.4 cm³/mol. The van der Waals surface area contributed by atoms with E-state index in [2.05, 4.69) is 4.98 Å². The highest BCUT2D eigenvalue weighted by molar-refractivity contribution is 6.35. The normalized spacial score (nSPS) is 10.8. The van der Waals surface area contributed by atoms with Gasteiger partial charge in [0.25, 0.3) is 0 Å². The van der Waals surface area contributed by atoms with Crippen LogP contribution in [0.3, 0.4) is 0 Å². The molecule has 72 valence electrons. The number of aryl methyl sites for hydroxylation is 1. The summed E-state index contributed by atoms with van der Waals surface area (Å²) in [6, 6.07) is 7.45. The molecule has 14 heavy (non-hydrogen) atoms. The fourth-order valence-electron chi connectivity index (χ4n) is 1.56. The highest BCUT2D eigenvalue weighted by Crippen LogP contribution is 2.24. The maximum atomic E-state index is 9.18. The Bertz CT molecular complexity index is 482. The quantitative estimate of drug-likeness (QED) is 0.780. The van der Waals surface area contributed by atoms with Crippen LogP contribution in [-0.4, -0.2) is 10.1 Å². The van der Waals surface area contributed by atoms with Crippen molar-refractivity contribution in [3.05, 3.63) is 40.5 Å². The van der Waals surface area contributed by atoms with Crippen molar-refractivity contribution in [3.63, 3.8) is 0 Å². The van der Waals surface area contributed by atoms with Gasteiger partial charge in [0.1, 0.15) is 0 Å². The highest BCUT2D eigenvalue weighted by atomic mass is 35.5. The molecule has 1 aromatic heterocycles. The van der Waals surface area contributed by atoms with Gasteiger partial charge in [0, 0.05) is 11.1 Å². The van der Waals surface area contributed by atoms with Gasteiger partial charge in [0.15, 0.2) is 0 Å². The van der Waals surface area contributed by atoms with E-state index in [1.807, 2.05) is 25.1 Å². The summed E-state index contributed by atoms with van der Waals surface area (Å²) in [7, 11) is 0. The molecule has 0 aliphatic heterocycles. The van der Waals surface area contributed by atoms with Crippen LogP contribution in [-0.2, 0) is 6.61 Å². The van der Waals surface area contributed by atoms with Crippen molar-refractivity contribution < 1.29 is 5.11 Å². The Morgan fingerprint density at radius 3 is 2.93 bits per heavy atom. The number of hydrogen-bond acceptors (Lipinski definition) is 2. The van der Waals surface area contributed by atoms with Crippen LogP contribution in [0, 0.1) is 6.92 Å². The van der Waals surface area contributed by atoms with E-state index < -0.39 is 0 Å². The van der Waals surface area contributed by atoms with Gasteiger partial charge in [-0.15, -0.1) is 0 Å². The molecule has 0 amide bonds. The van der Waals surface area contributed by atoms with Gasteiger partial charge in [-0.3, -0.25) is 4.98 Å². The van der Waals surface area contributed by atoms with Crippen LogP contribution in [0.25, 0.3) is 10.9 Å². The molecule has 1 heterocycles. The molecule has 0 unspecified atom stereocenters. The second-order valence-corrected chi connectivity index (χ2v) is 3.62. The number of fused-ring (bicyclic) bond motifs is 1. The minimum absolute atomic E-state index is 0.0141. The number of halogens is 1. The molecule has 0 spiro atoms. The van der Waals surface area contributed by atoms with E-state index in [0.717, 1.165) is 22.2 Å². The van der Waals surface area contributed by atoms with Gasteiger partial charge in [-0.25, -0.2) is 0 Å². The van der Waals surface area contributed by atoms with E-state index >= 15 is 0 Å². The van der Waals surface area contributed by atoms with Crippen LogP contribution >= 0.6 is 11.6 Å². The minimum Gasteiger partial charge on any atom is -0.392 e. The first kappa shape index (κ1) is 9.44. The maximum absolute atomic E-state index is 9.18. The molecule has 2 nitrogen and oxygen atoms in total. The lowest BCUT2D eigenvalue weighted by molar-refractivity contribution is 0.283. The van der Waals surface area contributed by atoms with Crippen LogP contribution in [0.4, 0.5) is 0 Å². The predicted octanol–water partition coefficient (Wildman–Crippen LogP) is 2.69. The molecule has 0 aliphatic carbocycles. The molecular formula is C11H10ClNO. The van der Waals surface area contributed by atoms with Crippen molar-refractivity contribution in [2.75, 3.05) is 0 Å². The molecular weight excluding hydrogens is 198 g/mol. The summed E-state index contributed by atoms with van der Waals surface area (Å²) in [6.45, 7) is 1.90. The number of aliphatic hydroxyl groups is 1. The van der Waals surface area contributed by atoms with E-state index in [9.17, 15) is 5.11 Å². The molecule has 0 saturated carbocycles. The molecule has 2 rings (SSSR count). The number of pyridine rings is 1. The number of aromatic nitrogens is 1. The van der Waals surface area contributed by atoms with Gasteiger partial charge in [-0.05, 0) is 24.6 Å². The lowest BCUT2D eigenvalue weighted by Gasteiger charge is -2.05. The number of rotatable bonds is 1. The minimum atomic E-state index is 0.0141. The zero-order chi connectivity index (χ0) is 10.1. The topological polar surface area (TPSA) is 33.1 Å². The van der Waals surface area contributed by atoms with Gasteiger partial charge in [0.2, 0.25) is 0 Å². The van der Waals surface area contributed by atoms with Crippen molar-refractivity contribution in [1.29, 1.82) is 0 Å². The molecule has 2 aromatic rings. The summed E-state index contributed by atoms with van der Waals surface area (Å²) in [4.78, 5) is 4.34. The number of hydrogen-bond donors (Lipinski definition) is 1. The maximum Gasteiger partial charge on any atom is 0.0894 e. The number of benzene rings is 1. The van der Waals surface area contributed by atoms with Crippen LogP contribution in [0.5, 0.6) is 0 Å². The van der Waals surface area contributed by atoms with Crippen molar-refractivity contribution in [2.24, 2.45) is 0 Å². The summed E-state index contributed by atoms with van der Waals surface area (Å²) >= 11 is 6.01. The van der Waals surface area contributed by atoms with Gasteiger partial charge >= 0.3 is 0 Å². The number of aliphatic hydroxyl groups excluding tert-OH is 1. The third-order valence-electron chi connectivity index (χ3n) is 2.17. The molecule has 1 aromatic carbocycles. The van der Waals surface area contributed by atoms with E-state index in [1.54, 1.807) is 6.07 Å². The van der Waals surface area contributed by atoms with Gasteiger partial charge in [-0.2, -0.15) is 0 Å². The van der Waals surface area contributed by atoms with Crippen LogP contribution < -0.4 is 0 Å². The Labute approximate surface area is 87.2 Å². The molecule has 0 fully saturated rings. The fourth-order valence-corrected chi connectivity index (χ4v) is 1.77. The molecule has 0 radical (unpaired) electrons. The van der Waals surface area contributed by atoms with E-state index in [1.165, 1.54) is 0 Å². The monoisotopic (exact) mass is 207 g/mol. The van der Waals surface area contributed by atoms with Gasteiger partial charge in [0.05, 0.1) is 17.1 Å². The largest absolute Gasteiger partial charge is 0.392 e. The third-order valence-corrected chi connectivity index (χ3v) is 2.48. The van der Waals surface area contributed by atoms with Crippen molar-refractivity contribution in [1.82, 2.24) is 4.98 Å². The fraction of sp³-hybridized carbons (Fsp3) is 0.182. The number of nitrogens with zero attached hydrogens (tertiary/aromatic N) is 1. The molecule has 3 heteroatoms. The smallest absolute Gasteiger partial charge is 0.0894 e. The average Bonchev–Trinajstić information content (AvgIpc) is 2.18. The average molecular weight is 208 g/mol. The van der Waals surface area contributed by atoms with Crippen LogP contribution in [0.1, 0.15) is 11.3 Å². The van der Waals surface area contributed by atoms with Crippen molar-refractivity contribution in [3.8, 4) is 0 Å². The second kappa shape index (κ2) is 3.56. The van der Waals surface area contributed by atoms with Gasteiger partial charge < -0.3 is 5.11 Å². The molecule has 0 saturated heterocycles. The second-order valence-electron chi connectivity index (χ2n) is 3.22. The molecule has 0 bridgehead atoms. The number of para-hydroxylation sites is 1. The lowest BCUT2D eigenvalue weighted by atomic mass is 10.1. The Morgan fingerprint density at radius 2 is 2.21 bits per heavy atom. The Hall–Kier alpha value is -1.12. The van der Waals surface area contributed by atoms with Crippen LogP contribution in [0.2, 0.25) is 5.02 Å². The molecule has 0 aliphatic rings. The highest BCUT2D eigenvalue weighted by Gasteiger charge is 2.05. The first-order chi connectivity index (χ1) is 6.72. The zero-order valence-corrected chi connectivity index (χ0v) is 8.54. The van der Waals surface area contributed by atoms with E-state index in [-0.39, 0.29) is 6.61 Å².